The molecule has 0 aromatic heterocycles. The van der Waals surface area contributed by atoms with Gasteiger partial charge in [-0.25, -0.2) is 0 Å². The Balaban J connectivity index is 2.23. The van der Waals surface area contributed by atoms with Crippen LogP contribution >= 0.6 is 0 Å². The van der Waals surface area contributed by atoms with Crippen LogP contribution in [0.4, 0.5) is 0 Å². The average Bonchev–Trinajstić information content (AvgIpc) is 1.79. The quantitative estimate of drug-likeness (QED) is 0.599. The van der Waals surface area contributed by atoms with Gasteiger partial charge in [-0.3, -0.25) is 10.1 Å². The van der Waals surface area contributed by atoms with Gasteiger partial charge in [-0.2, -0.15) is 0 Å². The summed E-state index contributed by atoms with van der Waals surface area (Å²) >= 11 is 0. The lowest BCUT2D eigenvalue weighted by Crippen LogP contribution is -2.57. The van der Waals surface area contributed by atoms with E-state index in [1.807, 2.05) is 13.8 Å². The lowest BCUT2D eigenvalue weighted by atomic mass is 9.98. The smallest absolute Gasteiger partial charge is 0.219 e. The average molecular weight is 186 g/mol. The molecule has 1 aliphatic rings. The topological polar surface area (TPSA) is 52.6 Å². The van der Waals surface area contributed by atoms with Crippen LogP contribution in [0.15, 0.2) is 0 Å². The Bertz CT molecular complexity index is 188. The van der Waals surface area contributed by atoms with Gasteiger partial charge in [0.15, 0.2) is 0 Å². The number of amides is 1. The van der Waals surface area contributed by atoms with Crippen LogP contribution in [-0.2, 0) is 4.79 Å². The van der Waals surface area contributed by atoms with Gasteiger partial charge in [-0.05, 0) is 13.8 Å². The monoisotopic (exact) mass is 186 g/mol. The Labute approximate surface area is 78.9 Å². The van der Waals surface area contributed by atoms with Gasteiger partial charge in [0.05, 0.1) is 0 Å². The number of likely N-dealkylation sites (tertiary alicyclic amines) is 1. The Morgan fingerprint density at radius 2 is 2.08 bits per heavy atom. The number of carbonyl (C=O) groups excluding carboxylic acids is 1. The molecule has 0 radical (unpaired) electrons. The molecule has 0 spiro atoms. The Hall–Kier alpha value is -0.610. The van der Waals surface area contributed by atoms with E-state index in [9.17, 15) is 9.90 Å². The van der Waals surface area contributed by atoms with Gasteiger partial charge in [-0.15, -0.1) is 0 Å². The zero-order valence-corrected chi connectivity index (χ0v) is 8.45. The van der Waals surface area contributed by atoms with Crippen molar-refractivity contribution in [2.45, 2.75) is 33.0 Å². The van der Waals surface area contributed by atoms with Crippen molar-refractivity contribution in [2.75, 3.05) is 13.1 Å². The highest BCUT2D eigenvalue weighted by atomic mass is 16.3. The largest absolute Gasteiger partial charge is 0.378 e. The maximum atomic E-state index is 10.8. The molecular formula is C9H18N2O2. The van der Waals surface area contributed by atoms with Crippen LogP contribution in [0.3, 0.4) is 0 Å². The molecule has 76 valence electrons. The summed E-state index contributed by atoms with van der Waals surface area (Å²) < 4.78 is 0. The number of aliphatic hydroxyl groups is 1. The standard InChI is InChI=1S/C9H18N2O2/c1-6(2)10-9(13)8-4-11(5-8)7(3)12/h6,8-10,13H,4-5H2,1-3H3. The van der Waals surface area contributed by atoms with Crippen molar-refractivity contribution in [3.63, 3.8) is 0 Å². The minimum Gasteiger partial charge on any atom is -0.378 e. The van der Waals surface area contributed by atoms with E-state index < -0.39 is 6.23 Å². The molecule has 0 aromatic rings. The first kappa shape index (κ1) is 10.5. The van der Waals surface area contributed by atoms with E-state index in [1.165, 1.54) is 0 Å². The highest BCUT2D eigenvalue weighted by Crippen LogP contribution is 2.18. The maximum Gasteiger partial charge on any atom is 0.219 e. The normalized spacial score (nSPS) is 20.2. The lowest BCUT2D eigenvalue weighted by molar-refractivity contribution is -0.138. The van der Waals surface area contributed by atoms with Gasteiger partial charge in [0.2, 0.25) is 5.91 Å². The predicted molar refractivity (Wildman–Crippen MR) is 50.0 cm³/mol. The van der Waals surface area contributed by atoms with Crippen molar-refractivity contribution in [3.05, 3.63) is 0 Å². The molecule has 1 atom stereocenters. The minimum atomic E-state index is -0.476. The molecule has 1 amide bonds. The number of hydrogen-bond donors (Lipinski definition) is 2. The third-order valence-corrected chi connectivity index (χ3v) is 2.31. The van der Waals surface area contributed by atoms with Gasteiger partial charge < -0.3 is 10.0 Å². The summed E-state index contributed by atoms with van der Waals surface area (Å²) in [5.74, 6) is 0.291. The number of hydrogen-bond acceptors (Lipinski definition) is 3. The molecule has 0 bridgehead atoms. The van der Waals surface area contributed by atoms with Gasteiger partial charge in [0.25, 0.3) is 0 Å². The molecule has 1 aliphatic heterocycles. The van der Waals surface area contributed by atoms with E-state index in [0.29, 0.717) is 13.1 Å². The van der Waals surface area contributed by atoms with Crippen molar-refractivity contribution in [3.8, 4) is 0 Å². The third kappa shape index (κ3) is 2.67. The fourth-order valence-corrected chi connectivity index (χ4v) is 1.45. The van der Waals surface area contributed by atoms with E-state index in [-0.39, 0.29) is 17.9 Å². The van der Waals surface area contributed by atoms with E-state index in [4.69, 9.17) is 0 Å². The zero-order valence-electron chi connectivity index (χ0n) is 8.45. The van der Waals surface area contributed by atoms with Crippen molar-refractivity contribution in [2.24, 2.45) is 5.92 Å². The fraction of sp³-hybridized carbons (Fsp3) is 0.889. The summed E-state index contributed by atoms with van der Waals surface area (Å²) in [5.41, 5.74) is 0. The van der Waals surface area contributed by atoms with Crippen LogP contribution in [0.1, 0.15) is 20.8 Å². The summed E-state index contributed by atoms with van der Waals surface area (Å²) in [6, 6.07) is 0.279. The van der Waals surface area contributed by atoms with Gasteiger partial charge in [0, 0.05) is 32.0 Å². The highest BCUT2D eigenvalue weighted by molar-refractivity contribution is 5.74. The summed E-state index contributed by atoms with van der Waals surface area (Å²) in [5, 5.41) is 12.6. The van der Waals surface area contributed by atoms with E-state index >= 15 is 0 Å². The summed E-state index contributed by atoms with van der Waals surface area (Å²) in [4.78, 5) is 12.6. The van der Waals surface area contributed by atoms with Crippen LogP contribution in [0.5, 0.6) is 0 Å². The van der Waals surface area contributed by atoms with Crippen molar-refractivity contribution in [1.82, 2.24) is 10.2 Å². The summed E-state index contributed by atoms with van der Waals surface area (Å²) in [6.07, 6.45) is -0.476. The first-order chi connectivity index (χ1) is 6.00. The molecule has 1 unspecified atom stereocenters. The molecule has 1 fully saturated rings. The van der Waals surface area contributed by atoms with Crippen molar-refractivity contribution >= 4 is 5.91 Å². The first-order valence-corrected chi connectivity index (χ1v) is 4.70. The molecule has 4 nitrogen and oxygen atoms in total. The zero-order chi connectivity index (χ0) is 10.0. The molecule has 0 saturated carbocycles. The van der Waals surface area contributed by atoms with Gasteiger partial charge in [0.1, 0.15) is 6.23 Å². The summed E-state index contributed by atoms with van der Waals surface area (Å²) in [7, 11) is 0. The van der Waals surface area contributed by atoms with E-state index in [0.717, 1.165) is 0 Å². The predicted octanol–water partition coefficient (Wildman–Crippen LogP) is -0.219. The Kier molecular flexibility index (Phi) is 3.27. The first-order valence-electron chi connectivity index (χ1n) is 4.70. The number of aliphatic hydroxyl groups excluding tert-OH is 1. The summed E-state index contributed by atoms with van der Waals surface area (Å²) in [6.45, 7) is 6.89. The van der Waals surface area contributed by atoms with Crippen LogP contribution in [-0.4, -0.2) is 41.3 Å². The molecule has 0 aliphatic carbocycles. The van der Waals surface area contributed by atoms with Crippen LogP contribution < -0.4 is 5.32 Å². The van der Waals surface area contributed by atoms with Crippen LogP contribution in [0, 0.1) is 5.92 Å². The number of carbonyl (C=O) groups is 1. The van der Waals surface area contributed by atoms with E-state index in [2.05, 4.69) is 5.32 Å². The molecule has 4 heteroatoms. The van der Waals surface area contributed by atoms with Crippen LogP contribution in [0.2, 0.25) is 0 Å². The fourth-order valence-electron chi connectivity index (χ4n) is 1.45. The van der Waals surface area contributed by atoms with Crippen molar-refractivity contribution < 1.29 is 9.90 Å². The van der Waals surface area contributed by atoms with Gasteiger partial charge in [-0.1, -0.05) is 0 Å². The second-order valence-corrected chi connectivity index (χ2v) is 3.95. The van der Waals surface area contributed by atoms with Crippen LogP contribution in [0.25, 0.3) is 0 Å². The SMILES string of the molecule is CC(=O)N1CC(C(O)NC(C)C)C1. The highest BCUT2D eigenvalue weighted by Gasteiger charge is 2.33. The Morgan fingerprint density at radius 1 is 1.54 bits per heavy atom. The minimum absolute atomic E-state index is 0.0907. The third-order valence-electron chi connectivity index (χ3n) is 2.31. The second kappa shape index (κ2) is 4.07. The molecule has 1 heterocycles. The number of nitrogens with zero attached hydrogens (tertiary/aromatic N) is 1. The second-order valence-electron chi connectivity index (χ2n) is 3.95. The van der Waals surface area contributed by atoms with Crippen molar-refractivity contribution in [1.29, 1.82) is 0 Å². The van der Waals surface area contributed by atoms with E-state index in [1.54, 1.807) is 11.8 Å². The van der Waals surface area contributed by atoms with Gasteiger partial charge >= 0.3 is 0 Å². The lowest BCUT2D eigenvalue weighted by Gasteiger charge is -2.41. The molecule has 0 aromatic carbocycles. The molecule has 1 saturated heterocycles. The molecular weight excluding hydrogens is 168 g/mol. The molecule has 13 heavy (non-hydrogen) atoms. The molecule has 2 N–H and O–H groups in total. The molecule has 1 rings (SSSR count). The number of rotatable bonds is 3. The Morgan fingerprint density at radius 3 is 2.46 bits per heavy atom. The number of nitrogens with one attached hydrogen (secondary N) is 1. The maximum absolute atomic E-state index is 10.8.